The third-order valence-corrected chi connectivity index (χ3v) is 5.99. The molecule has 2 aliphatic heterocycles. The summed E-state index contributed by atoms with van der Waals surface area (Å²) in [6.07, 6.45) is 5.92. The van der Waals surface area contributed by atoms with Crippen molar-refractivity contribution >= 4 is 21.6 Å². The molecule has 2 unspecified atom stereocenters. The summed E-state index contributed by atoms with van der Waals surface area (Å²) < 4.78 is 24.9. The van der Waals surface area contributed by atoms with E-state index in [1.807, 2.05) is 0 Å². The number of alkyl halides is 1. The van der Waals surface area contributed by atoms with Crippen molar-refractivity contribution in [3.05, 3.63) is 0 Å². The van der Waals surface area contributed by atoms with Crippen molar-refractivity contribution < 1.29 is 8.42 Å². The summed E-state index contributed by atoms with van der Waals surface area (Å²) in [5.41, 5.74) is 0. The lowest BCUT2D eigenvalue weighted by Gasteiger charge is -2.37. The average Bonchev–Trinajstić information content (AvgIpc) is 2.38. The number of hydrogen-bond donors (Lipinski definition) is 0. The predicted octanol–water partition coefficient (Wildman–Crippen LogP) is 1.61. The van der Waals surface area contributed by atoms with Crippen molar-refractivity contribution in [2.75, 3.05) is 44.9 Å². The van der Waals surface area contributed by atoms with E-state index in [0.29, 0.717) is 24.9 Å². The van der Waals surface area contributed by atoms with Gasteiger partial charge in [0.1, 0.15) is 0 Å². The largest absolute Gasteiger partial charge is 0.303 e. The first-order valence-electron chi connectivity index (χ1n) is 7.22. The molecule has 19 heavy (non-hydrogen) atoms. The highest BCUT2D eigenvalue weighted by Crippen LogP contribution is 2.23. The van der Waals surface area contributed by atoms with Gasteiger partial charge in [0.25, 0.3) is 0 Å². The Morgan fingerprint density at radius 1 is 1.11 bits per heavy atom. The van der Waals surface area contributed by atoms with Crippen LogP contribution in [0.5, 0.6) is 0 Å². The molecule has 2 atom stereocenters. The number of sulfonamides is 1. The maximum atomic E-state index is 11.6. The molecule has 0 aromatic carbocycles. The molecule has 6 heteroatoms. The topological polar surface area (TPSA) is 40.6 Å². The van der Waals surface area contributed by atoms with Gasteiger partial charge in [-0.25, -0.2) is 12.7 Å². The second kappa shape index (κ2) is 6.74. The average molecular weight is 309 g/mol. The highest BCUT2D eigenvalue weighted by Gasteiger charge is 2.28. The van der Waals surface area contributed by atoms with Crippen molar-refractivity contribution in [1.29, 1.82) is 0 Å². The molecule has 2 aliphatic rings. The highest BCUT2D eigenvalue weighted by molar-refractivity contribution is 7.88. The van der Waals surface area contributed by atoms with E-state index in [0.717, 1.165) is 38.4 Å². The molecular formula is C13H25ClN2O2S. The number of likely N-dealkylation sites (tertiary alicyclic amines) is 1. The molecule has 0 aliphatic carbocycles. The maximum absolute atomic E-state index is 11.6. The summed E-state index contributed by atoms with van der Waals surface area (Å²) in [5.74, 6) is 1.85. The van der Waals surface area contributed by atoms with E-state index in [9.17, 15) is 8.42 Å². The van der Waals surface area contributed by atoms with Gasteiger partial charge in [-0.05, 0) is 44.1 Å². The Bertz CT molecular complexity index is 388. The molecule has 0 aromatic rings. The Hall–Kier alpha value is 0.160. The van der Waals surface area contributed by atoms with Crippen LogP contribution in [-0.4, -0.2) is 62.5 Å². The van der Waals surface area contributed by atoms with Crippen LogP contribution in [0, 0.1) is 11.8 Å². The maximum Gasteiger partial charge on any atom is 0.211 e. The Morgan fingerprint density at radius 2 is 1.79 bits per heavy atom. The van der Waals surface area contributed by atoms with Crippen LogP contribution in [0.25, 0.3) is 0 Å². The zero-order chi connectivity index (χ0) is 13.9. The molecule has 0 amide bonds. The van der Waals surface area contributed by atoms with E-state index in [2.05, 4.69) is 4.90 Å². The van der Waals surface area contributed by atoms with E-state index in [-0.39, 0.29) is 0 Å². The van der Waals surface area contributed by atoms with Crippen LogP contribution in [0.1, 0.15) is 25.7 Å². The molecule has 0 radical (unpaired) electrons. The Morgan fingerprint density at radius 3 is 2.47 bits per heavy atom. The van der Waals surface area contributed by atoms with Gasteiger partial charge < -0.3 is 4.90 Å². The Balaban J connectivity index is 1.85. The molecule has 0 N–H and O–H groups in total. The molecule has 112 valence electrons. The lowest BCUT2D eigenvalue weighted by Crippen LogP contribution is -2.45. The molecule has 4 nitrogen and oxygen atoms in total. The van der Waals surface area contributed by atoms with Gasteiger partial charge in [0, 0.05) is 32.1 Å². The van der Waals surface area contributed by atoms with Crippen LogP contribution >= 0.6 is 11.6 Å². The summed E-state index contributed by atoms with van der Waals surface area (Å²) in [5, 5.41) is 0. The minimum absolute atomic E-state index is 0.484. The summed E-state index contributed by atoms with van der Waals surface area (Å²) in [6, 6.07) is 0. The van der Waals surface area contributed by atoms with Crippen molar-refractivity contribution in [2.45, 2.75) is 25.7 Å². The lowest BCUT2D eigenvalue weighted by molar-refractivity contribution is 0.135. The molecule has 0 saturated carbocycles. The van der Waals surface area contributed by atoms with Crippen LogP contribution in [0.4, 0.5) is 0 Å². The SMILES string of the molecule is CS(=O)(=O)N1CCCC(CN2CCCC(CCl)C2)C1. The third-order valence-electron chi connectivity index (χ3n) is 4.29. The van der Waals surface area contributed by atoms with Crippen LogP contribution in [-0.2, 0) is 10.0 Å². The van der Waals surface area contributed by atoms with E-state index in [1.165, 1.54) is 19.1 Å². The number of piperidine rings is 2. The third kappa shape index (κ3) is 4.59. The van der Waals surface area contributed by atoms with Gasteiger partial charge in [-0.1, -0.05) is 0 Å². The number of halogens is 1. The molecular weight excluding hydrogens is 284 g/mol. The molecule has 2 saturated heterocycles. The molecule has 2 fully saturated rings. The molecule has 0 spiro atoms. The smallest absolute Gasteiger partial charge is 0.211 e. The minimum Gasteiger partial charge on any atom is -0.303 e. The van der Waals surface area contributed by atoms with Crippen LogP contribution in [0.15, 0.2) is 0 Å². The summed E-state index contributed by atoms with van der Waals surface area (Å²) in [4.78, 5) is 2.48. The van der Waals surface area contributed by atoms with Crippen LogP contribution in [0.2, 0.25) is 0 Å². The predicted molar refractivity (Wildman–Crippen MR) is 79.0 cm³/mol. The quantitative estimate of drug-likeness (QED) is 0.741. The molecule has 2 heterocycles. The molecule has 0 aromatic heterocycles. The normalized spacial score (nSPS) is 31.5. The highest BCUT2D eigenvalue weighted by atomic mass is 35.5. The first-order chi connectivity index (χ1) is 8.99. The Kier molecular flexibility index (Phi) is 5.52. The minimum atomic E-state index is -3.02. The fourth-order valence-electron chi connectivity index (χ4n) is 3.29. The van der Waals surface area contributed by atoms with Gasteiger partial charge in [-0.15, -0.1) is 11.6 Å². The van der Waals surface area contributed by atoms with Gasteiger partial charge in [0.2, 0.25) is 10.0 Å². The fourth-order valence-corrected chi connectivity index (χ4v) is 4.48. The van der Waals surface area contributed by atoms with E-state index < -0.39 is 10.0 Å². The Labute approximate surface area is 122 Å². The van der Waals surface area contributed by atoms with Gasteiger partial charge >= 0.3 is 0 Å². The van der Waals surface area contributed by atoms with Crippen molar-refractivity contribution in [3.63, 3.8) is 0 Å². The van der Waals surface area contributed by atoms with Gasteiger partial charge in [0.15, 0.2) is 0 Å². The second-order valence-corrected chi connectivity index (χ2v) is 8.34. The van der Waals surface area contributed by atoms with E-state index in [1.54, 1.807) is 4.31 Å². The summed E-state index contributed by atoms with van der Waals surface area (Å²) in [6.45, 7) is 4.64. The van der Waals surface area contributed by atoms with E-state index >= 15 is 0 Å². The summed E-state index contributed by atoms with van der Waals surface area (Å²) >= 11 is 5.96. The first-order valence-corrected chi connectivity index (χ1v) is 9.60. The van der Waals surface area contributed by atoms with Gasteiger partial charge in [-0.3, -0.25) is 0 Å². The second-order valence-electron chi connectivity index (χ2n) is 6.05. The fraction of sp³-hybridized carbons (Fsp3) is 1.00. The number of rotatable bonds is 4. The van der Waals surface area contributed by atoms with Crippen molar-refractivity contribution in [1.82, 2.24) is 9.21 Å². The zero-order valence-corrected chi connectivity index (χ0v) is 13.3. The van der Waals surface area contributed by atoms with Crippen molar-refractivity contribution in [2.24, 2.45) is 11.8 Å². The molecule has 0 bridgehead atoms. The van der Waals surface area contributed by atoms with Crippen LogP contribution in [0.3, 0.4) is 0 Å². The standard InChI is InChI=1S/C13H25ClN2O2S/c1-19(17,18)16-7-3-5-13(11-16)10-15-6-2-4-12(8-14)9-15/h12-13H,2-11H2,1H3. The van der Waals surface area contributed by atoms with Crippen LogP contribution < -0.4 is 0 Å². The van der Waals surface area contributed by atoms with Gasteiger partial charge in [-0.2, -0.15) is 0 Å². The number of hydrogen-bond acceptors (Lipinski definition) is 3. The monoisotopic (exact) mass is 308 g/mol. The number of nitrogens with zero attached hydrogens (tertiary/aromatic N) is 2. The lowest BCUT2D eigenvalue weighted by atomic mass is 9.95. The van der Waals surface area contributed by atoms with Gasteiger partial charge in [0.05, 0.1) is 6.26 Å². The molecule has 2 rings (SSSR count). The first kappa shape index (κ1) is 15.5. The zero-order valence-electron chi connectivity index (χ0n) is 11.7. The summed E-state index contributed by atoms with van der Waals surface area (Å²) in [7, 11) is -3.02. The van der Waals surface area contributed by atoms with E-state index in [4.69, 9.17) is 11.6 Å². The van der Waals surface area contributed by atoms with Crippen molar-refractivity contribution in [3.8, 4) is 0 Å².